The van der Waals surface area contributed by atoms with Crippen molar-refractivity contribution in [1.29, 1.82) is 0 Å². The fourth-order valence-electron chi connectivity index (χ4n) is 1.65. The van der Waals surface area contributed by atoms with E-state index < -0.39 is 18.3 Å². The maximum Gasteiger partial charge on any atom is 0.118 e. The molecule has 3 N–H and O–H groups in total. The van der Waals surface area contributed by atoms with Gasteiger partial charge in [-0.15, -0.1) is 0 Å². The highest BCUT2D eigenvalue weighted by molar-refractivity contribution is 4.94. The molecule has 1 saturated heterocycles. The van der Waals surface area contributed by atoms with Gasteiger partial charge in [0.05, 0.1) is 19.3 Å². The van der Waals surface area contributed by atoms with Gasteiger partial charge in [0.1, 0.15) is 11.7 Å². The van der Waals surface area contributed by atoms with Crippen LogP contribution in [-0.2, 0) is 4.74 Å². The average Bonchev–Trinajstić information content (AvgIpc) is 2.09. The molecular weight excluding hydrogens is 172 g/mol. The first-order valence-electron chi connectivity index (χ1n) is 4.64. The zero-order chi connectivity index (χ0) is 10.1. The van der Waals surface area contributed by atoms with Crippen LogP contribution in [0.2, 0.25) is 0 Å². The molecule has 4 nitrogen and oxygen atoms in total. The van der Waals surface area contributed by atoms with Gasteiger partial charge >= 0.3 is 0 Å². The second kappa shape index (κ2) is 3.92. The maximum absolute atomic E-state index is 9.79. The average molecular weight is 190 g/mol. The van der Waals surface area contributed by atoms with Gasteiger partial charge in [0.2, 0.25) is 0 Å². The van der Waals surface area contributed by atoms with Gasteiger partial charge in [-0.1, -0.05) is 13.8 Å². The van der Waals surface area contributed by atoms with Crippen LogP contribution in [0.4, 0.5) is 0 Å². The Morgan fingerprint density at radius 1 is 1.54 bits per heavy atom. The molecule has 0 aromatic carbocycles. The third kappa shape index (κ3) is 2.02. The molecule has 2 unspecified atom stereocenters. The number of ether oxygens (including phenoxy) is 1. The molecular formula is C9H18O4. The predicted molar refractivity (Wildman–Crippen MR) is 47.2 cm³/mol. The molecule has 78 valence electrons. The van der Waals surface area contributed by atoms with Gasteiger partial charge in [0.15, 0.2) is 0 Å². The van der Waals surface area contributed by atoms with Crippen LogP contribution in [0.5, 0.6) is 0 Å². The van der Waals surface area contributed by atoms with Crippen LogP contribution in [-0.4, -0.2) is 46.3 Å². The second-order valence-electron chi connectivity index (χ2n) is 4.04. The van der Waals surface area contributed by atoms with Crippen LogP contribution in [0.3, 0.4) is 0 Å². The van der Waals surface area contributed by atoms with Crippen LogP contribution in [0, 0.1) is 5.92 Å². The number of hydrogen-bond acceptors (Lipinski definition) is 4. The van der Waals surface area contributed by atoms with Crippen LogP contribution >= 0.6 is 0 Å². The summed E-state index contributed by atoms with van der Waals surface area (Å²) in [6, 6.07) is 0. The first-order valence-corrected chi connectivity index (χ1v) is 4.64. The Balaban J connectivity index is 2.71. The summed E-state index contributed by atoms with van der Waals surface area (Å²) in [6.45, 7) is 3.80. The zero-order valence-electron chi connectivity index (χ0n) is 8.10. The van der Waals surface area contributed by atoms with Crippen molar-refractivity contribution in [1.82, 2.24) is 0 Å². The lowest BCUT2D eigenvalue weighted by Gasteiger charge is -2.42. The lowest BCUT2D eigenvalue weighted by molar-refractivity contribution is -0.212. The highest BCUT2D eigenvalue weighted by Gasteiger charge is 2.44. The third-order valence-electron chi connectivity index (χ3n) is 2.64. The van der Waals surface area contributed by atoms with Crippen molar-refractivity contribution in [3.05, 3.63) is 0 Å². The molecule has 1 rings (SSSR count). The van der Waals surface area contributed by atoms with E-state index in [1.54, 1.807) is 0 Å². The Labute approximate surface area is 78.1 Å². The van der Waals surface area contributed by atoms with Crippen molar-refractivity contribution in [3.63, 3.8) is 0 Å². The highest BCUT2D eigenvalue weighted by Crippen LogP contribution is 2.28. The summed E-state index contributed by atoms with van der Waals surface area (Å²) in [6.07, 6.45) is -1.09. The molecule has 0 spiro atoms. The van der Waals surface area contributed by atoms with Crippen molar-refractivity contribution >= 4 is 0 Å². The fraction of sp³-hybridized carbons (Fsp3) is 1.00. The molecule has 0 saturated carbocycles. The van der Waals surface area contributed by atoms with Gasteiger partial charge in [-0.2, -0.15) is 0 Å². The molecule has 0 aromatic heterocycles. The molecule has 1 aliphatic heterocycles. The molecule has 1 fully saturated rings. The third-order valence-corrected chi connectivity index (χ3v) is 2.64. The molecule has 4 heteroatoms. The molecule has 0 radical (unpaired) electrons. The number of aliphatic hydroxyl groups is 3. The highest BCUT2D eigenvalue weighted by atomic mass is 16.5. The normalized spacial score (nSPS) is 41.1. The van der Waals surface area contributed by atoms with Crippen LogP contribution in [0.1, 0.15) is 20.3 Å². The number of hydrogen-bond donors (Lipinski definition) is 3. The standard InChI is InChI=1S/C9H18O4/c1-6(2)7-8(11)9(12,5-10)3-4-13-7/h6-8,10-12H,3-5H2,1-2H3/t7-,8?,9?/m0/s1. The van der Waals surface area contributed by atoms with Gasteiger partial charge in [0, 0.05) is 6.42 Å². The number of rotatable bonds is 2. The minimum absolute atomic E-state index is 0.133. The lowest BCUT2D eigenvalue weighted by atomic mass is 9.84. The van der Waals surface area contributed by atoms with Crippen LogP contribution in [0.25, 0.3) is 0 Å². The largest absolute Gasteiger partial charge is 0.393 e. The molecule has 3 atom stereocenters. The van der Waals surface area contributed by atoms with Crippen molar-refractivity contribution in [2.45, 2.75) is 38.1 Å². The summed E-state index contributed by atoms with van der Waals surface area (Å²) in [5, 5.41) is 28.5. The van der Waals surface area contributed by atoms with Gasteiger partial charge in [-0.3, -0.25) is 0 Å². The zero-order valence-corrected chi connectivity index (χ0v) is 8.10. The first-order chi connectivity index (χ1) is 6.01. The Kier molecular flexibility index (Phi) is 3.29. The Bertz CT molecular complexity index is 171. The van der Waals surface area contributed by atoms with Gasteiger partial charge in [0.25, 0.3) is 0 Å². The molecule has 0 aliphatic carbocycles. The van der Waals surface area contributed by atoms with E-state index in [1.807, 2.05) is 13.8 Å². The van der Waals surface area contributed by atoms with Crippen molar-refractivity contribution in [3.8, 4) is 0 Å². The quantitative estimate of drug-likeness (QED) is 0.550. The van der Waals surface area contributed by atoms with Crippen molar-refractivity contribution in [2.24, 2.45) is 5.92 Å². The van der Waals surface area contributed by atoms with Gasteiger partial charge < -0.3 is 20.1 Å². The smallest absolute Gasteiger partial charge is 0.118 e. The van der Waals surface area contributed by atoms with Crippen molar-refractivity contribution in [2.75, 3.05) is 13.2 Å². The van der Waals surface area contributed by atoms with E-state index in [2.05, 4.69) is 0 Å². The van der Waals surface area contributed by atoms with Crippen LogP contribution in [0.15, 0.2) is 0 Å². The molecule has 0 aromatic rings. The van der Waals surface area contributed by atoms with E-state index in [1.165, 1.54) is 0 Å². The van der Waals surface area contributed by atoms with E-state index >= 15 is 0 Å². The summed E-state index contributed by atoms with van der Waals surface area (Å²) in [4.78, 5) is 0. The Morgan fingerprint density at radius 3 is 2.62 bits per heavy atom. The fourth-order valence-corrected chi connectivity index (χ4v) is 1.65. The lowest BCUT2D eigenvalue weighted by Crippen LogP contribution is -2.58. The SMILES string of the molecule is CC(C)[C@@H]1OCCC(O)(CO)C1O. The minimum Gasteiger partial charge on any atom is -0.393 e. The van der Waals surface area contributed by atoms with E-state index in [0.717, 1.165) is 0 Å². The van der Waals surface area contributed by atoms with Gasteiger partial charge in [-0.05, 0) is 5.92 Å². The number of aliphatic hydroxyl groups excluding tert-OH is 2. The Morgan fingerprint density at radius 2 is 2.15 bits per heavy atom. The monoisotopic (exact) mass is 190 g/mol. The summed E-state index contributed by atoms with van der Waals surface area (Å²) >= 11 is 0. The minimum atomic E-state index is -1.38. The summed E-state index contributed by atoms with van der Waals surface area (Å²) in [7, 11) is 0. The van der Waals surface area contributed by atoms with E-state index in [-0.39, 0.29) is 18.4 Å². The molecule has 1 aliphatic rings. The van der Waals surface area contributed by atoms with E-state index in [9.17, 15) is 10.2 Å². The first kappa shape index (κ1) is 10.9. The van der Waals surface area contributed by atoms with E-state index in [0.29, 0.717) is 6.61 Å². The molecule has 1 heterocycles. The van der Waals surface area contributed by atoms with Crippen molar-refractivity contribution < 1.29 is 20.1 Å². The van der Waals surface area contributed by atoms with E-state index in [4.69, 9.17) is 9.84 Å². The summed E-state index contributed by atoms with van der Waals surface area (Å²) in [5.74, 6) is 0.133. The Hall–Kier alpha value is -0.160. The predicted octanol–water partition coefficient (Wildman–Crippen LogP) is -0.484. The van der Waals surface area contributed by atoms with Crippen LogP contribution < -0.4 is 0 Å². The topological polar surface area (TPSA) is 69.9 Å². The molecule has 0 bridgehead atoms. The molecule has 13 heavy (non-hydrogen) atoms. The molecule has 0 amide bonds. The second-order valence-corrected chi connectivity index (χ2v) is 4.04. The summed E-state index contributed by atoms with van der Waals surface area (Å²) in [5.41, 5.74) is -1.38. The summed E-state index contributed by atoms with van der Waals surface area (Å²) < 4.78 is 5.33. The maximum atomic E-state index is 9.79. The van der Waals surface area contributed by atoms with Gasteiger partial charge in [-0.25, -0.2) is 0 Å².